The molecule has 1 atom stereocenters. The second-order valence-corrected chi connectivity index (χ2v) is 6.58. The predicted molar refractivity (Wildman–Crippen MR) is 123 cm³/mol. The molecule has 1 aliphatic heterocycles. The summed E-state index contributed by atoms with van der Waals surface area (Å²) in [4.78, 5) is 7.08. The number of hydrogen-bond donors (Lipinski definition) is 1. The molecule has 1 fully saturated rings. The van der Waals surface area contributed by atoms with Gasteiger partial charge in [0.2, 0.25) is 0 Å². The molecule has 0 saturated carbocycles. The number of morpholine rings is 1. The van der Waals surface area contributed by atoms with E-state index in [4.69, 9.17) is 19.2 Å². The van der Waals surface area contributed by atoms with E-state index in [1.807, 2.05) is 37.6 Å². The van der Waals surface area contributed by atoms with Crippen LogP contribution < -0.4 is 14.8 Å². The first-order chi connectivity index (χ1) is 13.7. The van der Waals surface area contributed by atoms with Gasteiger partial charge in [0.1, 0.15) is 6.10 Å². The maximum atomic E-state index is 5.95. The van der Waals surface area contributed by atoms with Gasteiger partial charge in [0, 0.05) is 37.5 Å². The Morgan fingerprint density at radius 3 is 2.83 bits per heavy atom. The zero-order chi connectivity index (χ0) is 19.9. The predicted octanol–water partition coefficient (Wildman–Crippen LogP) is 2.59. The maximum absolute atomic E-state index is 5.95. The maximum Gasteiger partial charge on any atom is 0.194 e. The van der Waals surface area contributed by atoms with Crippen LogP contribution in [-0.4, -0.2) is 61.1 Å². The quantitative estimate of drug-likeness (QED) is 0.363. The first-order valence-electron chi connectivity index (χ1n) is 9.49. The van der Waals surface area contributed by atoms with Crippen molar-refractivity contribution in [3.63, 3.8) is 0 Å². The van der Waals surface area contributed by atoms with Crippen molar-refractivity contribution in [1.29, 1.82) is 0 Å². The van der Waals surface area contributed by atoms with Gasteiger partial charge in [-0.2, -0.15) is 5.10 Å². The summed E-state index contributed by atoms with van der Waals surface area (Å²) >= 11 is 0. The summed E-state index contributed by atoms with van der Waals surface area (Å²) in [5, 5.41) is 7.65. The van der Waals surface area contributed by atoms with E-state index in [1.165, 1.54) is 0 Å². The third kappa shape index (κ3) is 5.75. The minimum atomic E-state index is -0.0161. The molecule has 0 bridgehead atoms. The molecule has 0 spiro atoms. The fourth-order valence-electron chi connectivity index (χ4n) is 3.31. The van der Waals surface area contributed by atoms with Crippen LogP contribution in [0, 0.1) is 0 Å². The first kappa shape index (κ1) is 23.3. The average molecular weight is 515 g/mol. The molecular weight excluding hydrogens is 485 g/mol. The lowest BCUT2D eigenvalue weighted by Crippen LogP contribution is -2.48. The van der Waals surface area contributed by atoms with Crippen LogP contribution in [0.5, 0.6) is 11.5 Å². The average Bonchev–Trinajstić information content (AvgIpc) is 3.17. The highest BCUT2D eigenvalue weighted by atomic mass is 127. The largest absolute Gasteiger partial charge is 0.493 e. The molecule has 3 rings (SSSR count). The number of halogens is 1. The number of rotatable bonds is 6. The monoisotopic (exact) mass is 515 g/mol. The highest BCUT2D eigenvalue weighted by molar-refractivity contribution is 14.0. The zero-order valence-electron chi connectivity index (χ0n) is 17.4. The Hall–Kier alpha value is -2.01. The van der Waals surface area contributed by atoms with Gasteiger partial charge >= 0.3 is 0 Å². The summed E-state index contributed by atoms with van der Waals surface area (Å²) in [5.74, 6) is 2.30. The van der Waals surface area contributed by atoms with Crippen LogP contribution in [0.2, 0.25) is 0 Å². The van der Waals surface area contributed by atoms with E-state index in [9.17, 15) is 0 Å². The molecule has 1 N–H and O–H groups in total. The number of methoxy groups -OCH3 is 2. The van der Waals surface area contributed by atoms with Gasteiger partial charge in [-0.3, -0.25) is 4.68 Å². The number of nitrogens with one attached hydrogen (secondary N) is 1. The molecule has 1 aromatic heterocycles. The molecule has 1 aliphatic rings. The summed E-state index contributed by atoms with van der Waals surface area (Å²) in [6, 6.07) is 5.84. The Labute approximate surface area is 189 Å². The molecule has 1 saturated heterocycles. The van der Waals surface area contributed by atoms with Gasteiger partial charge in [0.15, 0.2) is 17.5 Å². The van der Waals surface area contributed by atoms with Crippen LogP contribution in [0.1, 0.15) is 24.2 Å². The molecular formula is C20H30IN5O3. The molecule has 0 amide bonds. The molecule has 2 aromatic rings. The van der Waals surface area contributed by atoms with Gasteiger partial charge in [0.05, 0.1) is 40.1 Å². The number of nitrogens with zero attached hydrogens (tertiary/aromatic N) is 4. The van der Waals surface area contributed by atoms with E-state index in [0.717, 1.165) is 42.5 Å². The Balaban J connectivity index is 0.00000300. The van der Waals surface area contributed by atoms with Crippen LogP contribution in [-0.2, 0) is 18.3 Å². The fraction of sp³-hybridized carbons (Fsp3) is 0.500. The van der Waals surface area contributed by atoms with E-state index in [-0.39, 0.29) is 30.1 Å². The molecule has 0 aliphatic carbocycles. The van der Waals surface area contributed by atoms with Gasteiger partial charge in [0.25, 0.3) is 0 Å². The minimum Gasteiger partial charge on any atom is -0.493 e. The highest BCUT2D eigenvalue weighted by Crippen LogP contribution is 2.31. The van der Waals surface area contributed by atoms with Gasteiger partial charge in [-0.15, -0.1) is 24.0 Å². The van der Waals surface area contributed by atoms with Crippen LogP contribution >= 0.6 is 24.0 Å². The number of para-hydroxylation sites is 1. The zero-order valence-corrected chi connectivity index (χ0v) is 19.8. The number of hydrogen-bond acceptors (Lipinski definition) is 5. The van der Waals surface area contributed by atoms with Crippen molar-refractivity contribution in [2.45, 2.75) is 19.6 Å². The molecule has 1 unspecified atom stereocenters. The third-order valence-electron chi connectivity index (χ3n) is 4.68. The summed E-state index contributed by atoms with van der Waals surface area (Å²) in [6.45, 7) is 5.53. The van der Waals surface area contributed by atoms with Crippen LogP contribution in [0.15, 0.2) is 35.6 Å². The van der Waals surface area contributed by atoms with Crippen LogP contribution in [0.4, 0.5) is 0 Å². The van der Waals surface area contributed by atoms with Crippen molar-refractivity contribution in [1.82, 2.24) is 20.0 Å². The summed E-state index contributed by atoms with van der Waals surface area (Å²) in [6.07, 6.45) is 3.84. The Kier molecular flexibility index (Phi) is 9.02. The molecule has 8 nitrogen and oxygen atoms in total. The standard InChI is InChI=1S/C20H29N5O3.HI/c1-5-21-20(22-11-15-7-6-8-17(26-3)19(15)27-4)25-9-10-28-18(14-25)16-12-23-24(2)13-16;/h6-8,12-13,18H,5,9-11,14H2,1-4H3,(H,21,22);1H. The molecule has 0 radical (unpaired) electrons. The van der Waals surface area contributed by atoms with E-state index >= 15 is 0 Å². The molecule has 160 valence electrons. The molecule has 9 heteroatoms. The van der Waals surface area contributed by atoms with Crippen molar-refractivity contribution in [3.05, 3.63) is 41.7 Å². The fourth-order valence-corrected chi connectivity index (χ4v) is 3.31. The molecule has 2 heterocycles. The Morgan fingerprint density at radius 1 is 1.34 bits per heavy atom. The lowest BCUT2D eigenvalue weighted by atomic mass is 10.1. The van der Waals surface area contributed by atoms with Crippen molar-refractivity contribution in [2.75, 3.05) is 40.5 Å². The van der Waals surface area contributed by atoms with E-state index < -0.39 is 0 Å². The number of aromatic nitrogens is 2. The number of aliphatic imine (C=N–C) groups is 1. The summed E-state index contributed by atoms with van der Waals surface area (Å²) < 4.78 is 18.7. The number of aryl methyl sites for hydroxylation is 1. The van der Waals surface area contributed by atoms with E-state index in [1.54, 1.807) is 18.9 Å². The van der Waals surface area contributed by atoms with Crippen molar-refractivity contribution in [3.8, 4) is 11.5 Å². The second kappa shape index (κ2) is 11.2. The topological polar surface area (TPSA) is 73.1 Å². The van der Waals surface area contributed by atoms with Crippen LogP contribution in [0.3, 0.4) is 0 Å². The number of guanidine groups is 1. The van der Waals surface area contributed by atoms with Crippen molar-refractivity contribution >= 4 is 29.9 Å². The molecule has 29 heavy (non-hydrogen) atoms. The first-order valence-corrected chi connectivity index (χ1v) is 9.49. The number of benzene rings is 1. The van der Waals surface area contributed by atoms with Crippen molar-refractivity contribution < 1.29 is 14.2 Å². The van der Waals surface area contributed by atoms with Gasteiger partial charge in [-0.1, -0.05) is 12.1 Å². The SMILES string of the molecule is CCNC(=NCc1cccc(OC)c1OC)N1CCOC(c2cnn(C)c2)C1.I. The lowest BCUT2D eigenvalue weighted by molar-refractivity contribution is -0.00805. The normalized spacial score (nSPS) is 16.9. The lowest BCUT2D eigenvalue weighted by Gasteiger charge is -2.34. The van der Waals surface area contributed by atoms with Crippen molar-refractivity contribution in [2.24, 2.45) is 12.0 Å². The Bertz CT molecular complexity index is 811. The highest BCUT2D eigenvalue weighted by Gasteiger charge is 2.25. The van der Waals surface area contributed by atoms with Gasteiger partial charge in [-0.05, 0) is 13.0 Å². The third-order valence-corrected chi connectivity index (χ3v) is 4.68. The van der Waals surface area contributed by atoms with Gasteiger partial charge in [-0.25, -0.2) is 4.99 Å². The summed E-state index contributed by atoms with van der Waals surface area (Å²) in [7, 11) is 5.20. The Morgan fingerprint density at radius 2 is 2.17 bits per heavy atom. The molecule has 1 aromatic carbocycles. The van der Waals surface area contributed by atoms with Crippen LogP contribution in [0.25, 0.3) is 0 Å². The smallest absolute Gasteiger partial charge is 0.194 e. The minimum absolute atomic E-state index is 0. The summed E-state index contributed by atoms with van der Waals surface area (Å²) in [5.41, 5.74) is 2.06. The second-order valence-electron chi connectivity index (χ2n) is 6.58. The van der Waals surface area contributed by atoms with E-state index in [2.05, 4.69) is 22.2 Å². The van der Waals surface area contributed by atoms with Gasteiger partial charge < -0.3 is 24.4 Å². The number of ether oxygens (including phenoxy) is 3. The van der Waals surface area contributed by atoms with E-state index in [0.29, 0.717) is 18.9 Å².